The minimum Gasteiger partial charge on any atom is -0.493 e. The Morgan fingerprint density at radius 2 is 1.77 bits per heavy atom. The van der Waals surface area contributed by atoms with Gasteiger partial charge in [0.2, 0.25) is 0 Å². The molecule has 0 spiro atoms. The van der Waals surface area contributed by atoms with E-state index in [0.29, 0.717) is 17.0 Å². The number of hydrogen-bond donors (Lipinski definition) is 0. The Bertz CT molecular complexity index is 822. The van der Waals surface area contributed by atoms with Gasteiger partial charge < -0.3 is 9.47 Å². The van der Waals surface area contributed by atoms with Crippen molar-refractivity contribution in [3.05, 3.63) is 58.1 Å². The minimum absolute atomic E-state index is 0.00945. The van der Waals surface area contributed by atoms with Crippen LogP contribution in [0.5, 0.6) is 11.5 Å². The minimum atomic E-state index is -4.80. The fourth-order valence-electron chi connectivity index (χ4n) is 2.91. The summed E-state index contributed by atoms with van der Waals surface area (Å²) in [4.78, 5) is 0. The summed E-state index contributed by atoms with van der Waals surface area (Å²) in [5.74, 6) is -0.382. The molecular formula is C18H16ClF3N2O2. The highest BCUT2D eigenvalue weighted by molar-refractivity contribution is 6.30. The summed E-state index contributed by atoms with van der Waals surface area (Å²) in [5, 5.41) is 9.24. The molecule has 0 bridgehead atoms. The average molecular weight is 385 g/mol. The van der Waals surface area contributed by atoms with Gasteiger partial charge in [-0.25, -0.2) is 0 Å². The Morgan fingerprint density at radius 1 is 1.08 bits per heavy atom. The third-order valence-electron chi connectivity index (χ3n) is 4.03. The van der Waals surface area contributed by atoms with Crippen LogP contribution < -0.4 is 9.47 Å². The zero-order chi connectivity index (χ0) is 18.9. The van der Waals surface area contributed by atoms with Crippen LogP contribution >= 0.6 is 11.6 Å². The van der Waals surface area contributed by atoms with E-state index in [1.165, 1.54) is 19.2 Å². The number of benzene rings is 2. The van der Waals surface area contributed by atoms with E-state index in [-0.39, 0.29) is 17.5 Å². The number of methoxy groups -OCH3 is 1. The lowest BCUT2D eigenvalue weighted by Gasteiger charge is -2.19. The van der Waals surface area contributed by atoms with Crippen molar-refractivity contribution in [3.63, 3.8) is 0 Å². The molecule has 2 aromatic carbocycles. The van der Waals surface area contributed by atoms with Gasteiger partial charge in [0.25, 0.3) is 0 Å². The summed E-state index contributed by atoms with van der Waals surface area (Å²) in [6.45, 7) is 1.85. The van der Waals surface area contributed by atoms with Crippen LogP contribution in [0.2, 0.25) is 5.02 Å². The number of ether oxygens (including phenoxy) is 2. The Balaban J connectivity index is 2.12. The number of alkyl halides is 3. The van der Waals surface area contributed by atoms with Crippen LogP contribution in [0.15, 0.2) is 46.6 Å². The lowest BCUT2D eigenvalue weighted by molar-refractivity contribution is -0.275. The molecule has 8 heteroatoms. The largest absolute Gasteiger partial charge is 0.573 e. The topological polar surface area (TPSA) is 43.2 Å². The molecule has 2 unspecified atom stereocenters. The molecule has 0 saturated heterocycles. The molecule has 4 nitrogen and oxygen atoms in total. The highest BCUT2D eigenvalue weighted by atomic mass is 35.5. The summed E-state index contributed by atoms with van der Waals surface area (Å²) in [7, 11) is 1.29. The third kappa shape index (κ3) is 4.09. The summed E-state index contributed by atoms with van der Waals surface area (Å²) < 4.78 is 47.3. The van der Waals surface area contributed by atoms with E-state index < -0.39 is 12.4 Å². The molecule has 138 valence electrons. The van der Waals surface area contributed by atoms with Crippen LogP contribution in [0.1, 0.15) is 29.7 Å². The first-order chi connectivity index (χ1) is 12.3. The van der Waals surface area contributed by atoms with Crippen LogP contribution in [0.25, 0.3) is 0 Å². The second kappa shape index (κ2) is 7.15. The average Bonchev–Trinajstić information content (AvgIpc) is 2.71. The van der Waals surface area contributed by atoms with E-state index in [1.807, 2.05) is 19.1 Å². The first kappa shape index (κ1) is 18.5. The van der Waals surface area contributed by atoms with Crippen LogP contribution in [0, 0.1) is 0 Å². The van der Waals surface area contributed by atoms with Gasteiger partial charge in [0.1, 0.15) is 6.04 Å². The first-order valence-electron chi connectivity index (χ1n) is 7.89. The lowest BCUT2D eigenvalue weighted by atomic mass is 9.92. The molecule has 0 aromatic heterocycles. The summed E-state index contributed by atoms with van der Waals surface area (Å²) >= 11 is 5.94. The van der Waals surface area contributed by atoms with Gasteiger partial charge in [-0.2, -0.15) is 10.2 Å². The quantitative estimate of drug-likeness (QED) is 0.677. The number of hydrogen-bond acceptors (Lipinski definition) is 4. The van der Waals surface area contributed by atoms with Crippen molar-refractivity contribution in [1.82, 2.24) is 0 Å². The van der Waals surface area contributed by atoms with Gasteiger partial charge in [0.15, 0.2) is 11.5 Å². The standard InChI is InChI=1S/C18H16ClF3N2O2/c1-10-7-12-8-16(26-18(20,21)22)15(25-2)9-14(12)17(24-23-10)11-3-5-13(19)6-4-11/h3-6,8-10,17H,7H2,1-2H3. The van der Waals surface area contributed by atoms with Crippen molar-refractivity contribution in [3.8, 4) is 11.5 Å². The van der Waals surface area contributed by atoms with Crippen LogP contribution in [0.4, 0.5) is 13.2 Å². The van der Waals surface area contributed by atoms with E-state index in [4.69, 9.17) is 16.3 Å². The van der Waals surface area contributed by atoms with Crippen LogP contribution in [-0.2, 0) is 6.42 Å². The Kier molecular flexibility index (Phi) is 5.09. The van der Waals surface area contributed by atoms with Crippen molar-refractivity contribution in [2.45, 2.75) is 31.8 Å². The molecular weight excluding hydrogens is 369 g/mol. The van der Waals surface area contributed by atoms with Gasteiger partial charge in [0, 0.05) is 5.02 Å². The molecule has 1 aliphatic rings. The van der Waals surface area contributed by atoms with Crippen molar-refractivity contribution in [1.29, 1.82) is 0 Å². The summed E-state index contributed by atoms with van der Waals surface area (Å²) in [6.07, 6.45) is -4.36. The second-order valence-electron chi connectivity index (χ2n) is 5.99. The summed E-state index contributed by atoms with van der Waals surface area (Å²) in [6, 6.07) is 9.37. The van der Waals surface area contributed by atoms with Gasteiger partial charge in [-0.15, -0.1) is 13.2 Å². The predicted molar refractivity (Wildman–Crippen MR) is 91.0 cm³/mol. The van der Waals surface area contributed by atoms with E-state index in [9.17, 15) is 13.2 Å². The van der Waals surface area contributed by atoms with Crippen molar-refractivity contribution in [2.75, 3.05) is 7.11 Å². The normalized spacial score (nSPS) is 19.6. The Morgan fingerprint density at radius 3 is 2.38 bits per heavy atom. The fraction of sp³-hybridized carbons (Fsp3) is 0.333. The summed E-state index contributed by atoms with van der Waals surface area (Å²) in [5.41, 5.74) is 2.24. The maximum atomic E-state index is 12.7. The molecule has 2 atom stereocenters. The smallest absolute Gasteiger partial charge is 0.493 e. The lowest BCUT2D eigenvalue weighted by Crippen LogP contribution is -2.18. The third-order valence-corrected chi connectivity index (χ3v) is 4.28. The highest BCUT2D eigenvalue weighted by Gasteiger charge is 2.34. The number of fused-ring (bicyclic) bond motifs is 1. The van der Waals surface area contributed by atoms with E-state index >= 15 is 0 Å². The number of rotatable bonds is 3. The van der Waals surface area contributed by atoms with E-state index in [2.05, 4.69) is 15.0 Å². The zero-order valence-corrected chi connectivity index (χ0v) is 14.8. The number of azo groups is 1. The van der Waals surface area contributed by atoms with Crippen LogP contribution in [0.3, 0.4) is 0 Å². The maximum Gasteiger partial charge on any atom is 0.573 e. The van der Waals surface area contributed by atoms with Crippen molar-refractivity contribution < 1.29 is 22.6 Å². The van der Waals surface area contributed by atoms with Gasteiger partial charge in [-0.05, 0) is 54.3 Å². The molecule has 1 aliphatic heterocycles. The Labute approximate surface area is 153 Å². The second-order valence-corrected chi connectivity index (χ2v) is 6.42. The molecule has 0 fully saturated rings. The van der Waals surface area contributed by atoms with Gasteiger partial charge >= 0.3 is 6.36 Å². The molecule has 3 rings (SSSR count). The Hall–Kier alpha value is -2.28. The zero-order valence-electron chi connectivity index (χ0n) is 14.0. The molecule has 0 saturated carbocycles. The van der Waals surface area contributed by atoms with Gasteiger partial charge in [-0.3, -0.25) is 0 Å². The number of halogens is 4. The SMILES string of the molecule is COc1cc2c(cc1OC(F)(F)F)CC(C)N=NC2c1ccc(Cl)cc1. The highest BCUT2D eigenvalue weighted by Crippen LogP contribution is 2.41. The molecule has 0 amide bonds. The van der Waals surface area contributed by atoms with E-state index in [1.54, 1.807) is 12.1 Å². The molecule has 0 radical (unpaired) electrons. The molecule has 2 aromatic rings. The molecule has 0 aliphatic carbocycles. The molecule has 1 heterocycles. The number of nitrogens with zero attached hydrogens (tertiary/aromatic N) is 2. The van der Waals surface area contributed by atoms with E-state index in [0.717, 1.165) is 11.1 Å². The molecule has 0 N–H and O–H groups in total. The maximum absolute atomic E-state index is 12.7. The predicted octanol–water partition coefficient (Wildman–Crippen LogP) is 5.73. The van der Waals surface area contributed by atoms with Gasteiger partial charge in [-0.1, -0.05) is 23.7 Å². The van der Waals surface area contributed by atoms with Crippen molar-refractivity contribution in [2.24, 2.45) is 10.2 Å². The van der Waals surface area contributed by atoms with Crippen LogP contribution in [-0.4, -0.2) is 19.5 Å². The van der Waals surface area contributed by atoms with Gasteiger partial charge in [0.05, 0.1) is 13.2 Å². The van der Waals surface area contributed by atoms with Crippen molar-refractivity contribution >= 4 is 11.6 Å². The molecule has 26 heavy (non-hydrogen) atoms. The monoisotopic (exact) mass is 384 g/mol. The first-order valence-corrected chi connectivity index (χ1v) is 8.26. The fourth-order valence-corrected chi connectivity index (χ4v) is 3.03.